The maximum absolute atomic E-state index is 12.7. The van der Waals surface area contributed by atoms with E-state index < -0.39 is 0 Å². The number of hydrogen-bond donors (Lipinski definition) is 0. The van der Waals surface area contributed by atoms with E-state index in [9.17, 15) is 4.79 Å². The molecule has 4 rings (SSSR count). The number of methoxy groups -OCH3 is 1. The Hall–Kier alpha value is -2.02. The number of benzene rings is 2. The van der Waals surface area contributed by atoms with Gasteiger partial charge in [-0.05, 0) is 30.3 Å². The Morgan fingerprint density at radius 3 is 2.63 bits per heavy atom. The predicted molar refractivity (Wildman–Crippen MR) is 111 cm³/mol. The van der Waals surface area contributed by atoms with Crippen LogP contribution in [0.15, 0.2) is 36.4 Å². The summed E-state index contributed by atoms with van der Waals surface area (Å²) in [5.74, 6) is 0.712. The minimum Gasteiger partial charge on any atom is -0.494 e. The summed E-state index contributed by atoms with van der Waals surface area (Å²) in [5.41, 5.74) is 1.37. The van der Waals surface area contributed by atoms with Crippen LogP contribution in [0.25, 0.3) is 10.2 Å². The Morgan fingerprint density at radius 1 is 1.15 bits per heavy atom. The third-order valence-corrected chi connectivity index (χ3v) is 6.22. The molecule has 0 bridgehead atoms. The van der Waals surface area contributed by atoms with Crippen molar-refractivity contribution in [2.75, 3.05) is 38.2 Å². The summed E-state index contributed by atoms with van der Waals surface area (Å²) in [5, 5.41) is 1.85. The van der Waals surface area contributed by atoms with Gasteiger partial charge in [0.1, 0.15) is 11.3 Å². The summed E-state index contributed by atoms with van der Waals surface area (Å²) in [6, 6.07) is 10.9. The van der Waals surface area contributed by atoms with E-state index in [-0.39, 0.29) is 5.91 Å². The molecule has 0 aliphatic carbocycles. The second-order valence-corrected chi connectivity index (χ2v) is 8.06. The number of nitrogens with zero attached hydrogens (tertiary/aromatic N) is 3. The number of piperazine rings is 1. The first-order valence-corrected chi connectivity index (χ1v) is 10.1. The van der Waals surface area contributed by atoms with Gasteiger partial charge in [0, 0.05) is 31.2 Å². The number of carbonyl (C=O) groups excluding carboxylic acids is 1. The van der Waals surface area contributed by atoms with E-state index in [4.69, 9.17) is 32.9 Å². The molecule has 27 heavy (non-hydrogen) atoms. The Bertz CT molecular complexity index is 1000. The second-order valence-electron chi connectivity index (χ2n) is 6.21. The Morgan fingerprint density at radius 2 is 1.93 bits per heavy atom. The molecule has 0 radical (unpaired) electrons. The molecule has 1 aliphatic heterocycles. The number of hydrogen-bond acceptors (Lipinski definition) is 5. The molecule has 8 heteroatoms. The molecule has 2 aromatic carbocycles. The monoisotopic (exact) mass is 421 g/mol. The van der Waals surface area contributed by atoms with Crippen molar-refractivity contribution in [2.24, 2.45) is 0 Å². The summed E-state index contributed by atoms with van der Waals surface area (Å²) in [6.45, 7) is 2.67. The van der Waals surface area contributed by atoms with E-state index in [1.807, 2.05) is 23.1 Å². The second kappa shape index (κ2) is 7.54. The van der Waals surface area contributed by atoms with Gasteiger partial charge in [-0.15, -0.1) is 0 Å². The number of anilines is 1. The standard InChI is InChI=1S/C19H17Cl2N3O2S/c1-26-15-3-2-4-16-17(15)22-19(27-16)24-9-7-23(8-10-24)18(25)13-6-5-12(20)11-14(13)21/h2-6,11H,7-10H2,1H3. The molecule has 0 atom stereocenters. The molecule has 0 unspecified atom stereocenters. The molecule has 0 spiro atoms. The van der Waals surface area contributed by atoms with Crippen LogP contribution >= 0.6 is 34.5 Å². The molecule has 0 N–H and O–H groups in total. The highest BCUT2D eigenvalue weighted by molar-refractivity contribution is 7.22. The van der Waals surface area contributed by atoms with Crippen LogP contribution in [0.3, 0.4) is 0 Å². The van der Waals surface area contributed by atoms with Crippen molar-refractivity contribution in [3.05, 3.63) is 52.0 Å². The van der Waals surface area contributed by atoms with Crippen molar-refractivity contribution in [2.45, 2.75) is 0 Å². The van der Waals surface area contributed by atoms with Crippen LogP contribution in [0.2, 0.25) is 10.0 Å². The highest BCUT2D eigenvalue weighted by Crippen LogP contribution is 2.34. The van der Waals surface area contributed by atoms with Crippen molar-refractivity contribution in [3.8, 4) is 5.75 Å². The lowest BCUT2D eigenvalue weighted by Gasteiger charge is -2.34. The van der Waals surface area contributed by atoms with E-state index in [1.54, 1.807) is 36.6 Å². The average molecular weight is 422 g/mol. The number of thiazole rings is 1. The zero-order valence-electron chi connectivity index (χ0n) is 14.6. The fourth-order valence-corrected chi connectivity index (χ4v) is 4.67. The number of amides is 1. The van der Waals surface area contributed by atoms with Crippen molar-refractivity contribution in [1.82, 2.24) is 9.88 Å². The van der Waals surface area contributed by atoms with Gasteiger partial charge in [-0.3, -0.25) is 4.79 Å². The molecule has 1 saturated heterocycles. The molecule has 1 aliphatic rings. The highest BCUT2D eigenvalue weighted by atomic mass is 35.5. The number of halogens is 2. The lowest BCUT2D eigenvalue weighted by Crippen LogP contribution is -2.48. The van der Waals surface area contributed by atoms with E-state index in [1.165, 1.54) is 0 Å². The van der Waals surface area contributed by atoms with E-state index in [2.05, 4.69) is 4.90 Å². The molecule has 1 aromatic heterocycles. The summed E-state index contributed by atoms with van der Waals surface area (Å²) < 4.78 is 6.49. The number of fused-ring (bicyclic) bond motifs is 1. The molecule has 0 saturated carbocycles. The fraction of sp³-hybridized carbons (Fsp3) is 0.263. The van der Waals surface area contributed by atoms with Crippen LogP contribution in [0, 0.1) is 0 Å². The summed E-state index contributed by atoms with van der Waals surface area (Å²) in [6.07, 6.45) is 0. The summed E-state index contributed by atoms with van der Waals surface area (Å²) in [4.78, 5) is 21.5. The minimum atomic E-state index is -0.0673. The zero-order valence-corrected chi connectivity index (χ0v) is 16.9. The topological polar surface area (TPSA) is 45.7 Å². The van der Waals surface area contributed by atoms with Crippen LogP contribution in [0.1, 0.15) is 10.4 Å². The zero-order chi connectivity index (χ0) is 19.0. The van der Waals surface area contributed by atoms with Gasteiger partial charge in [-0.25, -0.2) is 4.98 Å². The molecule has 1 fully saturated rings. The smallest absolute Gasteiger partial charge is 0.255 e. The van der Waals surface area contributed by atoms with Crippen molar-refractivity contribution in [1.29, 1.82) is 0 Å². The third-order valence-electron chi connectivity index (χ3n) is 4.59. The van der Waals surface area contributed by atoms with Crippen molar-refractivity contribution < 1.29 is 9.53 Å². The van der Waals surface area contributed by atoms with Gasteiger partial charge in [0.05, 0.1) is 22.4 Å². The highest BCUT2D eigenvalue weighted by Gasteiger charge is 2.25. The molecular weight excluding hydrogens is 405 g/mol. The van der Waals surface area contributed by atoms with Gasteiger partial charge >= 0.3 is 0 Å². The largest absolute Gasteiger partial charge is 0.494 e. The first kappa shape index (κ1) is 18.3. The lowest BCUT2D eigenvalue weighted by atomic mass is 10.2. The molecule has 140 valence electrons. The van der Waals surface area contributed by atoms with Crippen LogP contribution in [-0.4, -0.2) is 49.1 Å². The van der Waals surface area contributed by atoms with Crippen LogP contribution < -0.4 is 9.64 Å². The van der Waals surface area contributed by atoms with Crippen molar-refractivity contribution >= 4 is 55.8 Å². The number of ether oxygens (including phenoxy) is 1. The van der Waals surface area contributed by atoms with E-state index in [0.717, 1.165) is 34.2 Å². The van der Waals surface area contributed by atoms with Crippen LogP contribution in [0.5, 0.6) is 5.75 Å². The Labute approximate surface area is 171 Å². The molecular formula is C19H17Cl2N3O2S. The lowest BCUT2D eigenvalue weighted by molar-refractivity contribution is 0.0747. The van der Waals surface area contributed by atoms with Gasteiger partial charge < -0.3 is 14.5 Å². The fourth-order valence-electron chi connectivity index (χ4n) is 3.15. The third kappa shape index (κ3) is 3.57. The predicted octanol–water partition coefficient (Wildman–Crippen LogP) is 4.57. The SMILES string of the molecule is COc1cccc2sc(N3CCN(C(=O)c4ccc(Cl)cc4Cl)CC3)nc12. The van der Waals surface area contributed by atoms with Crippen LogP contribution in [0.4, 0.5) is 5.13 Å². The van der Waals surface area contributed by atoms with Gasteiger partial charge in [0.15, 0.2) is 5.13 Å². The van der Waals surface area contributed by atoms with Gasteiger partial charge in [-0.2, -0.15) is 0 Å². The number of aromatic nitrogens is 1. The molecule has 1 amide bonds. The number of carbonyl (C=O) groups is 1. The van der Waals surface area contributed by atoms with Gasteiger partial charge in [-0.1, -0.05) is 40.6 Å². The van der Waals surface area contributed by atoms with Gasteiger partial charge in [0.2, 0.25) is 0 Å². The van der Waals surface area contributed by atoms with Crippen molar-refractivity contribution in [3.63, 3.8) is 0 Å². The van der Waals surface area contributed by atoms with E-state index >= 15 is 0 Å². The Balaban J connectivity index is 1.48. The summed E-state index contributed by atoms with van der Waals surface area (Å²) in [7, 11) is 1.65. The number of rotatable bonds is 3. The normalized spacial score (nSPS) is 14.6. The Kier molecular flexibility index (Phi) is 5.12. The number of para-hydroxylation sites is 1. The van der Waals surface area contributed by atoms with Crippen LogP contribution in [-0.2, 0) is 0 Å². The summed E-state index contributed by atoms with van der Waals surface area (Å²) >= 11 is 13.7. The molecule has 2 heterocycles. The first-order chi connectivity index (χ1) is 13.1. The minimum absolute atomic E-state index is 0.0673. The molecule has 3 aromatic rings. The quantitative estimate of drug-likeness (QED) is 0.620. The van der Waals surface area contributed by atoms with E-state index in [0.29, 0.717) is 28.7 Å². The average Bonchev–Trinajstić information content (AvgIpc) is 3.12. The maximum Gasteiger partial charge on any atom is 0.255 e. The first-order valence-electron chi connectivity index (χ1n) is 8.49. The molecule has 5 nitrogen and oxygen atoms in total. The maximum atomic E-state index is 12.7. The van der Waals surface area contributed by atoms with Gasteiger partial charge in [0.25, 0.3) is 5.91 Å².